The molecule has 4 heteroatoms. The van der Waals surface area contributed by atoms with Gasteiger partial charge in [-0.25, -0.2) is 4.79 Å². The van der Waals surface area contributed by atoms with E-state index in [1.807, 2.05) is 13.8 Å². The lowest BCUT2D eigenvalue weighted by Gasteiger charge is -1.97. The molecular weight excluding hydrogens is 156 g/mol. The molecule has 0 amide bonds. The summed E-state index contributed by atoms with van der Waals surface area (Å²) in [7, 11) is 3.11. The third-order valence-electron chi connectivity index (χ3n) is 1.16. The highest BCUT2D eigenvalue weighted by atomic mass is 16.5. The number of aryl methyl sites for hydroxylation is 1. The van der Waals surface area contributed by atoms with Crippen molar-refractivity contribution < 1.29 is 4.74 Å². The van der Waals surface area contributed by atoms with E-state index in [0.29, 0.717) is 5.88 Å². The number of rotatable bonds is 1. The molecule has 1 aromatic rings. The van der Waals surface area contributed by atoms with E-state index in [-0.39, 0.29) is 5.69 Å². The largest absolute Gasteiger partial charge is 0.481 e. The van der Waals surface area contributed by atoms with E-state index < -0.39 is 0 Å². The number of methoxy groups -OCH3 is 1. The molecule has 0 spiro atoms. The van der Waals surface area contributed by atoms with Crippen molar-refractivity contribution in [2.24, 2.45) is 7.05 Å². The van der Waals surface area contributed by atoms with E-state index in [0.717, 1.165) is 0 Å². The Morgan fingerprint density at radius 1 is 1.50 bits per heavy atom. The van der Waals surface area contributed by atoms with Crippen molar-refractivity contribution in [3.05, 3.63) is 22.7 Å². The van der Waals surface area contributed by atoms with Crippen molar-refractivity contribution in [1.29, 1.82) is 0 Å². The van der Waals surface area contributed by atoms with E-state index in [1.165, 1.54) is 11.7 Å². The summed E-state index contributed by atoms with van der Waals surface area (Å²) in [6.45, 7) is 4.00. The summed E-state index contributed by atoms with van der Waals surface area (Å²) in [6.07, 6.45) is 1.61. The summed E-state index contributed by atoms with van der Waals surface area (Å²) in [5.74, 6) is 0.350. The number of hydrogen-bond acceptors (Lipinski definition) is 3. The maximum Gasteiger partial charge on any atom is 0.350 e. The van der Waals surface area contributed by atoms with Crippen LogP contribution in [0.4, 0.5) is 0 Å². The monoisotopic (exact) mass is 170 g/mol. The Labute approximate surface area is 71.8 Å². The summed E-state index contributed by atoms with van der Waals surface area (Å²) in [5.41, 5.74) is -0.306. The molecule has 0 aliphatic rings. The van der Waals surface area contributed by atoms with Crippen LogP contribution in [0.3, 0.4) is 0 Å². The van der Waals surface area contributed by atoms with Crippen molar-refractivity contribution in [2.45, 2.75) is 13.8 Å². The number of hydrogen-bond donors (Lipinski definition) is 0. The normalized spacial score (nSPS) is 8.33. The van der Waals surface area contributed by atoms with Gasteiger partial charge in [0, 0.05) is 19.3 Å². The lowest BCUT2D eigenvalue weighted by atomic mass is 10.6. The van der Waals surface area contributed by atoms with Gasteiger partial charge in [0.05, 0.1) is 7.11 Å². The van der Waals surface area contributed by atoms with Crippen LogP contribution >= 0.6 is 0 Å². The lowest BCUT2D eigenvalue weighted by Crippen LogP contribution is -2.18. The maximum absolute atomic E-state index is 10.8. The maximum atomic E-state index is 10.8. The molecule has 0 radical (unpaired) electrons. The standard InChI is InChI=1S/C6H8N2O2.C2H6/c1-8-4-3-5(10-2)7-6(8)9;1-2/h3-4H,1-2H3;1-2H3. The van der Waals surface area contributed by atoms with Crippen molar-refractivity contribution in [2.75, 3.05) is 7.11 Å². The second-order valence-electron chi connectivity index (χ2n) is 1.86. The van der Waals surface area contributed by atoms with E-state index in [4.69, 9.17) is 4.74 Å². The molecule has 0 N–H and O–H groups in total. The van der Waals surface area contributed by atoms with Gasteiger partial charge in [-0.3, -0.25) is 0 Å². The minimum absolute atomic E-state index is 0.306. The van der Waals surface area contributed by atoms with Crippen molar-refractivity contribution in [3.8, 4) is 5.88 Å². The van der Waals surface area contributed by atoms with Gasteiger partial charge < -0.3 is 9.30 Å². The van der Waals surface area contributed by atoms with E-state index >= 15 is 0 Å². The predicted octanol–water partition coefficient (Wildman–Crippen LogP) is 0.815. The van der Waals surface area contributed by atoms with Crippen LogP contribution in [0.2, 0.25) is 0 Å². The first-order valence-corrected chi connectivity index (χ1v) is 3.81. The topological polar surface area (TPSA) is 44.1 Å². The summed E-state index contributed by atoms with van der Waals surface area (Å²) in [4.78, 5) is 14.3. The van der Waals surface area contributed by atoms with Crippen LogP contribution in [0.25, 0.3) is 0 Å². The quantitative estimate of drug-likeness (QED) is 0.626. The molecular formula is C8H14N2O2. The van der Waals surface area contributed by atoms with Gasteiger partial charge in [0.25, 0.3) is 0 Å². The van der Waals surface area contributed by atoms with Crippen molar-refractivity contribution >= 4 is 0 Å². The Bertz CT molecular complexity index is 281. The molecule has 68 valence electrons. The molecule has 0 saturated carbocycles. The molecule has 0 aliphatic heterocycles. The zero-order valence-corrected chi connectivity index (χ0v) is 7.87. The zero-order valence-electron chi connectivity index (χ0n) is 7.87. The highest BCUT2D eigenvalue weighted by Gasteiger charge is 1.93. The summed E-state index contributed by atoms with van der Waals surface area (Å²) in [5, 5.41) is 0. The fourth-order valence-corrected chi connectivity index (χ4v) is 0.563. The smallest absolute Gasteiger partial charge is 0.350 e. The average Bonchev–Trinajstić information content (AvgIpc) is 2.13. The Hall–Kier alpha value is -1.32. The van der Waals surface area contributed by atoms with E-state index in [1.54, 1.807) is 19.3 Å². The molecule has 0 aromatic carbocycles. The molecule has 0 saturated heterocycles. The Morgan fingerprint density at radius 2 is 2.08 bits per heavy atom. The second kappa shape index (κ2) is 5.35. The van der Waals surface area contributed by atoms with Crippen LogP contribution in [0.5, 0.6) is 5.88 Å². The van der Waals surface area contributed by atoms with Gasteiger partial charge in [0.1, 0.15) is 0 Å². The van der Waals surface area contributed by atoms with Crippen LogP contribution in [0.1, 0.15) is 13.8 Å². The predicted molar refractivity (Wildman–Crippen MR) is 47.4 cm³/mol. The summed E-state index contributed by atoms with van der Waals surface area (Å²) in [6, 6.07) is 1.63. The first-order chi connectivity index (χ1) is 5.74. The molecule has 0 fully saturated rings. The third-order valence-corrected chi connectivity index (χ3v) is 1.16. The third kappa shape index (κ3) is 2.74. The highest BCUT2D eigenvalue weighted by molar-refractivity contribution is 5.04. The van der Waals surface area contributed by atoms with E-state index in [9.17, 15) is 4.79 Å². The van der Waals surface area contributed by atoms with Crippen LogP contribution in [0.15, 0.2) is 17.1 Å². The van der Waals surface area contributed by atoms with Gasteiger partial charge >= 0.3 is 5.69 Å². The minimum Gasteiger partial charge on any atom is -0.481 e. The molecule has 12 heavy (non-hydrogen) atoms. The van der Waals surface area contributed by atoms with E-state index in [2.05, 4.69) is 4.98 Å². The molecule has 1 aromatic heterocycles. The lowest BCUT2D eigenvalue weighted by molar-refractivity contribution is 0.393. The molecule has 0 atom stereocenters. The number of ether oxygens (including phenoxy) is 1. The van der Waals surface area contributed by atoms with Gasteiger partial charge in [0.15, 0.2) is 0 Å². The van der Waals surface area contributed by atoms with Gasteiger partial charge in [-0.15, -0.1) is 0 Å². The van der Waals surface area contributed by atoms with Gasteiger partial charge in [0.2, 0.25) is 5.88 Å². The Morgan fingerprint density at radius 3 is 2.50 bits per heavy atom. The van der Waals surface area contributed by atoms with Gasteiger partial charge in [-0.2, -0.15) is 4.98 Å². The molecule has 1 rings (SSSR count). The zero-order chi connectivity index (χ0) is 9.56. The number of nitrogens with zero attached hydrogens (tertiary/aromatic N) is 2. The van der Waals surface area contributed by atoms with Gasteiger partial charge in [-0.1, -0.05) is 13.8 Å². The van der Waals surface area contributed by atoms with Crippen molar-refractivity contribution in [1.82, 2.24) is 9.55 Å². The molecule has 4 nitrogen and oxygen atoms in total. The Balaban J connectivity index is 0.000000561. The van der Waals surface area contributed by atoms with Crippen LogP contribution < -0.4 is 10.4 Å². The molecule has 1 heterocycles. The van der Waals surface area contributed by atoms with Crippen LogP contribution in [-0.4, -0.2) is 16.7 Å². The fraction of sp³-hybridized carbons (Fsp3) is 0.500. The van der Waals surface area contributed by atoms with Crippen molar-refractivity contribution in [3.63, 3.8) is 0 Å². The van der Waals surface area contributed by atoms with Gasteiger partial charge in [-0.05, 0) is 0 Å². The second-order valence-corrected chi connectivity index (χ2v) is 1.86. The Kier molecular flexibility index (Phi) is 4.76. The molecule has 0 bridgehead atoms. The first-order valence-electron chi connectivity index (χ1n) is 3.81. The van der Waals surface area contributed by atoms with Crippen LogP contribution in [0, 0.1) is 0 Å². The summed E-state index contributed by atoms with van der Waals surface area (Å²) < 4.78 is 6.10. The minimum atomic E-state index is -0.306. The highest BCUT2D eigenvalue weighted by Crippen LogP contribution is 1.96. The molecule has 0 aliphatic carbocycles. The average molecular weight is 170 g/mol. The number of aromatic nitrogens is 2. The fourth-order valence-electron chi connectivity index (χ4n) is 0.563. The summed E-state index contributed by atoms with van der Waals surface area (Å²) >= 11 is 0. The SMILES string of the molecule is CC.COc1ccn(C)c(=O)n1. The molecule has 0 unspecified atom stereocenters. The van der Waals surface area contributed by atoms with Crippen LogP contribution in [-0.2, 0) is 7.05 Å². The first kappa shape index (κ1) is 10.7.